The number of aliphatic hydroxyl groups excluding tert-OH is 1. The second-order valence-corrected chi connectivity index (χ2v) is 6.95. The summed E-state index contributed by atoms with van der Waals surface area (Å²) in [6.45, 7) is 7.37. The lowest BCUT2D eigenvalue weighted by Gasteiger charge is -2.28. The van der Waals surface area contributed by atoms with Crippen LogP contribution in [0.4, 0.5) is 0 Å². The summed E-state index contributed by atoms with van der Waals surface area (Å²) in [5.41, 5.74) is 3.59. The molecule has 0 bridgehead atoms. The number of aromatic nitrogens is 2. The Bertz CT molecular complexity index is 618. The molecule has 0 aliphatic heterocycles. The zero-order valence-electron chi connectivity index (χ0n) is 13.7. The maximum Gasteiger partial charge on any atom is 0.0985 e. The molecular formula is C19H26N2O. The van der Waals surface area contributed by atoms with Gasteiger partial charge in [0, 0.05) is 12.1 Å². The van der Waals surface area contributed by atoms with E-state index in [1.165, 1.54) is 24.1 Å². The molecule has 1 N–H and O–H groups in total. The highest BCUT2D eigenvalue weighted by atomic mass is 16.3. The SMILES string of the molecule is CC(C)[C@H]1CC[C@@H](C)c2cn(C[C@H](O)c3ccccc3)nc21. The van der Waals surface area contributed by atoms with Gasteiger partial charge in [0.1, 0.15) is 0 Å². The van der Waals surface area contributed by atoms with Crippen molar-refractivity contribution in [2.24, 2.45) is 5.92 Å². The van der Waals surface area contributed by atoms with Crippen LogP contribution in [-0.2, 0) is 6.54 Å². The third kappa shape index (κ3) is 2.95. The van der Waals surface area contributed by atoms with Crippen LogP contribution in [0.3, 0.4) is 0 Å². The van der Waals surface area contributed by atoms with E-state index in [1.807, 2.05) is 35.0 Å². The van der Waals surface area contributed by atoms with Crippen molar-refractivity contribution in [1.82, 2.24) is 9.78 Å². The van der Waals surface area contributed by atoms with E-state index in [4.69, 9.17) is 5.10 Å². The molecule has 3 nitrogen and oxygen atoms in total. The molecule has 3 rings (SSSR count). The van der Waals surface area contributed by atoms with Gasteiger partial charge in [0.05, 0.1) is 18.3 Å². The fourth-order valence-electron chi connectivity index (χ4n) is 3.54. The molecule has 22 heavy (non-hydrogen) atoms. The van der Waals surface area contributed by atoms with Crippen LogP contribution in [0.5, 0.6) is 0 Å². The minimum Gasteiger partial charge on any atom is -0.386 e. The molecule has 0 unspecified atom stereocenters. The van der Waals surface area contributed by atoms with Crippen molar-refractivity contribution in [3.63, 3.8) is 0 Å². The third-order valence-electron chi connectivity index (χ3n) is 4.96. The molecule has 1 aliphatic rings. The molecular weight excluding hydrogens is 272 g/mol. The lowest BCUT2D eigenvalue weighted by molar-refractivity contribution is 0.151. The summed E-state index contributed by atoms with van der Waals surface area (Å²) < 4.78 is 1.94. The summed E-state index contributed by atoms with van der Waals surface area (Å²) in [6.07, 6.45) is 4.11. The van der Waals surface area contributed by atoms with Gasteiger partial charge < -0.3 is 5.11 Å². The van der Waals surface area contributed by atoms with E-state index in [1.54, 1.807) is 0 Å². The molecule has 0 spiro atoms. The van der Waals surface area contributed by atoms with E-state index in [0.717, 1.165) is 5.56 Å². The zero-order chi connectivity index (χ0) is 15.7. The number of hydrogen-bond acceptors (Lipinski definition) is 2. The van der Waals surface area contributed by atoms with Crippen LogP contribution in [0, 0.1) is 5.92 Å². The molecule has 2 aromatic rings. The Kier molecular flexibility index (Phi) is 4.34. The van der Waals surface area contributed by atoms with Crippen molar-refractivity contribution in [2.45, 2.75) is 58.1 Å². The van der Waals surface area contributed by atoms with Crippen molar-refractivity contribution < 1.29 is 5.11 Å². The predicted octanol–water partition coefficient (Wildman–Crippen LogP) is 4.25. The predicted molar refractivity (Wildman–Crippen MR) is 88.9 cm³/mol. The van der Waals surface area contributed by atoms with Gasteiger partial charge >= 0.3 is 0 Å². The molecule has 1 heterocycles. The first-order chi connectivity index (χ1) is 10.6. The minimum atomic E-state index is -0.504. The Hall–Kier alpha value is -1.61. The highest BCUT2D eigenvalue weighted by Gasteiger charge is 2.30. The van der Waals surface area contributed by atoms with Crippen LogP contribution in [-0.4, -0.2) is 14.9 Å². The van der Waals surface area contributed by atoms with E-state index in [9.17, 15) is 5.11 Å². The van der Waals surface area contributed by atoms with E-state index in [2.05, 4.69) is 27.0 Å². The first kappa shape index (κ1) is 15.3. The van der Waals surface area contributed by atoms with Crippen LogP contribution in [0.1, 0.15) is 68.4 Å². The fraction of sp³-hybridized carbons (Fsp3) is 0.526. The van der Waals surface area contributed by atoms with Gasteiger partial charge in [-0.25, -0.2) is 0 Å². The van der Waals surface area contributed by atoms with Crippen LogP contribution in [0.2, 0.25) is 0 Å². The Morgan fingerprint density at radius 3 is 2.64 bits per heavy atom. The highest BCUT2D eigenvalue weighted by molar-refractivity contribution is 5.28. The summed E-state index contributed by atoms with van der Waals surface area (Å²) in [6, 6.07) is 9.83. The van der Waals surface area contributed by atoms with Crippen molar-refractivity contribution in [3.05, 3.63) is 53.3 Å². The number of fused-ring (bicyclic) bond motifs is 1. The van der Waals surface area contributed by atoms with Crippen LogP contribution in [0.15, 0.2) is 36.5 Å². The van der Waals surface area contributed by atoms with Gasteiger partial charge in [0.15, 0.2) is 0 Å². The monoisotopic (exact) mass is 298 g/mol. The van der Waals surface area contributed by atoms with Crippen molar-refractivity contribution >= 4 is 0 Å². The van der Waals surface area contributed by atoms with Crippen LogP contribution < -0.4 is 0 Å². The summed E-state index contributed by atoms with van der Waals surface area (Å²) in [4.78, 5) is 0. The van der Waals surface area contributed by atoms with Gasteiger partial charge in [-0.3, -0.25) is 4.68 Å². The second kappa shape index (κ2) is 6.25. The Morgan fingerprint density at radius 1 is 1.23 bits per heavy atom. The summed E-state index contributed by atoms with van der Waals surface area (Å²) >= 11 is 0. The molecule has 118 valence electrons. The van der Waals surface area contributed by atoms with E-state index in [0.29, 0.717) is 24.3 Å². The number of hydrogen-bond donors (Lipinski definition) is 1. The first-order valence-corrected chi connectivity index (χ1v) is 8.36. The van der Waals surface area contributed by atoms with Gasteiger partial charge in [0.25, 0.3) is 0 Å². The maximum absolute atomic E-state index is 10.4. The topological polar surface area (TPSA) is 38.0 Å². The minimum absolute atomic E-state index is 0.504. The Labute approximate surface area is 133 Å². The average molecular weight is 298 g/mol. The smallest absolute Gasteiger partial charge is 0.0985 e. The van der Waals surface area contributed by atoms with Gasteiger partial charge in [0.2, 0.25) is 0 Å². The molecule has 0 fully saturated rings. The summed E-state index contributed by atoms with van der Waals surface area (Å²) in [5.74, 6) is 1.75. The normalized spacial score (nSPS) is 22.6. The molecule has 1 aromatic carbocycles. The molecule has 0 radical (unpaired) electrons. The molecule has 1 aliphatic carbocycles. The van der Waals surface area contributed by atoms with Gasteiger partial charge in [-0.05, 0) is 35.8 Å². The van der Waals surface area contributed by atoms with Gasteiger partial charge in [-0.1, -0.05) is 51.1 Å². The number of benzene rings is 1. The summed E-state index contributed by atoms with van der Waals surface area (Å²) in [7, 11) is 0. The van der Waals surface area contributed by atoms with Gasteiger partial charge in [-0.2, -0.15) is 5.10 Å². The number of aliphatic hydroxyl groups is 1. The second-order valence-electron chi connectivity index (χ2n) is 6.95. The van der Waals surface area contributed by atoms with Crippen molar-refractivity contribution in [2.75, 3.05) is 0 Å². The number of rotatable bonds is 4. The fourth-order valence-corrected chi connectivity index (χ4v) is 3.54. The summed E-state index contributed by atoms with van der Waals surface area (Å²) in [5, 5.41) is 15.2. The number of nitrogens with zero attached hydrogens (tertiary/aromatic N) is 2. The lowest BCUT2D eigenvalue weighted by atomic mass is 9.77. The average Bonchev–Trinajstić information content (AvgIpc) is 2.92. The highest BCUT2D eigenvalue weighted by Crippen LogP contribution is 2.41. The Balaban J connectivity index is 1.83. The molecule has 0 saturated carbocycles. The van der Waals surface area contributed by atoms with Gasteiger partial charge in [-0.15, -0.1) is 0 Å². The largest absolute Gasteiger partial charge is 0.386 e. The molecule has 3 heteroatoms. The van der Waals surface area contributed by atoms with E-state index >= 15 is 0 Å². The Morgan fingerprint density at radius 2 is 1.95 bits per heavy atom. The van der Waals surface area contributed by atoms with Crippen molar-refractivity contribution in [1.29, 1.82) is 0 Å². The van der Waals surface area contributed by atoms with Crippen LogP contribution >= 0.6 is 0 Å². The molecule has 0 saturated heterocycles. The zero-order valence-corrected chi connectivity index (χ0v) is 13.7. The van der Waals surface area contributed by atoms with Crippen LogP contribution in [0.25, 0.3) is 0 Å². The molecule has 3 atom stereocenters. The third-order valence-corrected chi connectivity index (χ3v) is 4.96. The molecule has 0 amide bonds. The maximum atomic E-state index is 10.4. The standard InChI is InChI=1S/C19H26N2O/c1-13(2)16-10-9-14(3)17-11-21(20-19(16)17)12-18(22)15-7-5-4-6-8-15/h4-8,11,13-14,16,18,22H,9-10,12H2,1-3H3/t14-,16-,18+/m1/s1. The lowest BCUT2D eigenvalue weighted by Crippen LogP contribution is -2.16. The van der Waals surface area contributed by atoms with Crippen molar-refractivity contribution in [3.8, 4) is 0 Å². The molecule has 1 aromatic heterocycles. The van der Waals surface area contributed by atoms with E-state index < -0.39 is 6.10 Å². The quantitative estimate of drug-likeness (QED) is 0.916. The first-order valence-electron chi connectivity index (χ1n) is 8.36. The van der Waals surface area contributed by atoms with E-state index in [-0.39, 0.29) is 0 Å².